The van der Waals surface area contributed by atoms with Gasteiger partial charge in [0.25, 0.3) is 0 Å². The van der Waals surface area contributed by atoms with Crippen molar-refractivity contribution in [2.75, 3.05) is 13.1 Å². The van der Waals surface area contributed by atoms with E-state index in [-0.39, 0.29) is 22.9 Å². The monoisotopic (exact) mass is 577 g/mol. The fourth-order valence-electron chi connectivity index (χ4n) is 5.75. The normalized spacial score (nSPS) is 17.2. The van der Waals surface area contributed by atoms with Gasteiger partial charge in [0.2, 0.25) is 0 Å². The van der Waals surface area contributed by atoms with Crippen LogP contribution < -0.4 is 17.2 Å². The zero-order valence-electron chi connectivity index (χ0n) is 23.5. The molecule has 2 aromatic heterocycles. The third-order valence-electron chi connectivity index (χ3n) is 8.04. The lowest BCUT2D eigenvalue weighted by Gasteiger charge is -2.25. The average Bonchev–Trinajstić information content (AvgIpc) is 3.56. The molecule has 1 aliphatic rings. The summed E-state index contributed by atoms with van der Waals surface area (Å²) in [6.07, 6.45) is 5.89. The summed E-state index contributed by atoms with van der Waals surface area (Å²) in [5.41, 5.74) is 15.1. The molecule has 1 aliphatic heterocycles. The van der Waals surface area contributed by atoms with Gasteiger partial charge in [-0.1, -0.05) is 23.7 Å². The first kappa shape index (κ1) is 29.0. The molecule has 10 heteroatoms. The molecule has 5 rings (SSSR count). The third kappa shape index (κ3) is 6.53. The van der Waals surface area contributed by atoms with E-state index in [1.165, 1.54) is 4.57 Å². The van der Waals surface area contributed by atoms with Crippen molar-refractivity contribution in [1.29, 1.82) is 5.41 Å². The van der Waals surface area contributed by atoms with E-state index in [0.29, 0.717) is 40.3 Å². The van der Waals surface area contributed by atoms with E-state index in [2.05, 4.69) is 21.8 Å². The number of aryl methyl sites for hydroxylation is 1. The SMILES string of the molecule is C[C@H](N)CCCc1cc(Cl)c(F)c(-c2cc3cn(-c4ccc([C@H](C)N5CC[C@@H](CC(=N)N)C5)cc4)c(=O)nc3[nH]2)c1. The largest absolute Gasteiger partial charge is 0.388 e. The Bertz CT molecular complexity index is 1610. The zero-order chi connectivity index (χ0) is 29.3. The second-order valence-electron chi connectivity index (χ2n) is 11.3. The van der Waals surface area contributed by atoms with Gasteiger partial charge in [-0.05, 0) is 93.5 Å². The summed E-state index contributed by atoms with van der Waals surface area (Å²) in [4.78, 5) is 22.7. The van der Waals surface area contributed by atoms with Gasteiger partial charge in [0.1, 0.15) is 5.65 Å². The number of nitrogens with two attached hydrogens (primary N) is 2. The van der Waals surface area contributed by atoms with Crippen LogP contribution in [-0.4, -0.2) is 44.4 Å². The lowest BCUT2D eigenvalue weighted by molar-refractivity contribution is 0.253. The van der Waals surface area contributed by atoms with E-state index in [9.17, 15) is 4.79 Å². The minimum absolute atomic E-state index is 0.0575. The number of fused-ring (bicyclic) bond motifs is 1. The van der Waals surface area contributed by atoms with E-state index >= 15 is 4.39 Å². The Morgan fingerprint density at radius 3 is 2.71 bits per heavy atom. The summed E-state index contributed by atoms with van der Waals surface area (Å²) in [6, 6.07) is 13.5. The first-order valence-electron chi connectivity index (χ1n) is 14.1. The molecule has 0 spiro atoms. The quantitative estimate of drug-likeness (QED) is 0.145. The standard InChI is InChI=1S/C31H37ClFN7O/c1-18(34)4-3-5-20-12-25(29(33)26(32)13-20)27-15-23-17-40(31(41)38-30(23)37-27)24-8-6-22(7-9-24)19(2)39-11-10-21(16-39)14-28(35)36/h6-9,12-13,15,17-19,21H,3-5,10-11,14,16,34H2,1-2H3,(H3,35,36)(H,37,38,41)/t18-,19-,21-/m0/s1. The maximum absolute atomic E-state index is 15.1. The van der Waals surface area contributed by atoms with Crippen LogP contribution in [0.1, 0.15) is 56.7 Å². The predicted molar refractivity (Wildman–Crippen MR) is 163 cm³/mol. The topological polar surface area (TPSA) is 130 Å². The summed E-state index contributed by atoms with van der Waals surface area (Å²) < 4.78 is 16.6. The summed E-state index contributed by atoms with van der Waals surface area (Å²) in [5.74, 6) is 0.151. The highest BCUT2D eigenvalue weighted by molar-refractivity contribution is 6.31. The Labute approximate surface area is 244 Å². The van der Waals surface area contributed by atoms with Crippen LogP contribution in [0.5, 0.6) is 0 Å². The zero-order valence-corrected chi connectivity index (χ0v) is 24.2. The number of nitrogens with one attached hydrogen (secondary N) is 2. The van der Waals surface area contributed by atoms with Crippen molar-refractivity contribution >= 4 is 28.5 Å². The lowest BCUT2D eigenvalue weighted by Crippen LogP contribution is -2.25. The number of likely N-dealkylation sites (tertiary alicyclic amines) is 1. The molecule has 0 aliphatic carbocycles. The molecule has 0 unspecified atom stereocenters. The maximum atomic E-state index is 15.1. The number of hydrogen-bond donors (Lipinski definition) is 4. The van der Waals surface area contributed by atoms with Crippen LogP contribution in [0.3, 0.4) is 0 Å². The van der Waals surface area contributed by atoms with Gasteiger partial charge >= 0.3 is 5.69 Å². The number of H-pyrrole nitrogens is 1. The first-order valence-corrected chi connectivity index (χ1v) is 14.5. The van der Waals surface area contributed by atoms with Crippen LogP contribution in [-0.2, 0) is 6.42 Å². The van der Waals surface area contributed by atoms with E-state index < -0.39 is 11.5 Å². The highest BCUT2D eigenvalue weighted by Crippen LogP contribution is 2.32. The molecule has 3 atom stereocenters. The van der Waals surface area contributed by atoms with Crippen LogP contribution in [0.25, 0.3) is 28.0 Å². The average molecular weight is 578 g/mol. The molecule has 8 nitrogen and oxygen atoms in total. The molecule has 6 N–H and O–H groups in total. The van der Waals surface area contributed by atoms with Crippen LogP contribution >= 0.6 is 11.6 Å². The molecule has 1 fully saturated rings. The summed E-state index contributed by atoms with van der Waals surface area (Å²) in [7, 11) is 0. The summed E-state index contributed by atoms with van der Waals surface area (Å²) >= 11 is 6.24. The van der Waals surface area contributed by atoms with Crippen molar-refractivity contribution < 1.29 is 4.39 Å². The van der Waals surface area contributed by atoms with Crippen molar-refractivity contribution in [3.05, 3.63) is 81.1 Å². The minimum Gasteiger partial charge on any atom is -0.388 e. The van der Waals surface area contributed by atoms with Gasteiger partial charge in [-0.3, -0.25) is 14.9 Å². The molecule has 41 heavy (non-hydrogen) atoms. The van der Waals surface area contributed by atoms with Gasteiger partial charge in [-0.2, -0.15) is 4.98 Å². The second kappa shape index (κ2) is 12.1. The van der Waals surface area contributed by atoms with E-state index in [4.69, 9.17) is 28.5 Å². The summed E-state index contributed by atoms with van der Waals surface area (Å²) in [5, 5.41) is 8.31. The van der Waals surface area contributed by atoms with Crippen LogP contribution in [0.4, 0.5) is 4.39 Å². The minimum atomic E-state index is -0.514. The fraction of sp³-hybridized carbons (Fsp3) is 0.387. The second-order valence-corrected chi connectivity index (χ2v) is 11.7. The number of aromatic nitrogens is 3. The number of hydrogen-bond acceptors (Lipinski definition) is 5. The number of benzene rings is 2. The molecule has 0 bridgehead atoms. The highest BCUT2D eigenvalue weighted by atomic mass is 35.5. The predicted octanol–water partition coefficient (Wildman–Crippen LogP) is 5.55. The first-order chi connectivity index (χ1) is 19.6. The molecule has 2 aromatic carbocycles. The molecule has 0 saturated carbocycles. The molecular formula is C31H37ClFN7O. The van der Waals surface area contributed by atoms with Crippen molar-refractivity contribution in [3.63, 3.8) is 0 Å². The Morgan fingerprint density at radius 2 is 2.00 bits per heavy atom. The molecule has 3 heterocycles. The number of nitrogens with zero attached hydrogens (tertiary/aromatic N) is 3. The Hall–Kier alpha value is -3.53. The number of amidine groups is 1. The Morgan fingerprint density at radius 1 is 1.24 bits per heavy atom. The van der Waals surface area contributed by atoms with E-state index in [1.54, 1.807) is 24.4 Å². The van der Waals surface area contributed by atoms with Crippen LogP contribution in [0.2, 0.25) is 5.02 Å². The fourth-order valence-corrected chi connectivity index (χ4v) is 6.00. The number of rotatable bonds is 10. The van der Waals surface area contributed by atoms with Crippen LogP contribution in [0, 0.1) is 17.1 Å². The Kier molecular flexibility index (Phi) is 8.58. The van der Waals surface area contributed by atoms with Gasteiger partial charge in [0.15, 0.2) is 5.82 Å². The van der Waals surface area contributed by atoms with Crippen molar-refractivity contribution in [3.8, 4) is 16.9 Å². The molecule has 1 saturated heterocycles. The van der Waals surface area contributed by atoms with E-state index in [1.807, 2.05) is 31.2 Å². The number of halogens is 2. The molecule has 216 valence electrons. The molecule has 4 aromatic rings. The van der Waals surface area contributed by atoms with Gasteiger partial charge in [0, 0.05) is 42.2 Å². The van der Waals surface area contributed by atoms with Crippen molar-refractivity contribution in [2.24, 2.45) is 17.4 Å². The third-order valence-corrected chi connectivity index (χ3v) is 8.31. The van der Waals surface area contributed by atoms with Gasteiger partial charge in [0.05, 0.1) is 22.2 Å². The molecule has 0 amide bonds. The lowest BCUT2D eigenvalue weighted by atomic mass is 10.0. The molecular weight excluding hydrogens is 541 g/mol. The van der Waals surface area contributed by atoms with Crippen molar-refractivity contribution in [2.45, 2.75) is 58.0 Å². The number of aromatic amines is 1. The highest BCUT2D eigenvalue weighted by Gasteiger charge is 2.27. The maximum Gasteiger partial charge on any atom is 0.354 e. The van der Waals surface area contributed by atoms with Gasteiger partial charge in [-0.15, -0.1) is 0 Å². The van der Waals surface area contributed by atoms with Crippen LogP contribution in [0.15, 0.2) is 53.5 Å². The van der Waals surface area contributed by atoms with E-state index in [0.717, 1.165) is 49.9 Å². The Balaban J connectivity index is 1.37. The summed E-state index contributed by atoms with van der Waals surface area (Å²) in [6.45, 7) is 6.03. The smallest absolute Gasteiger partial charge is 0.354 e. The van der Waals surface area contributed by atoms with Gasteiger partial charge in [-0.25, -0.2) is 9.18 Å². The van der Waals surface area contributed by atoms with Crippen molar-refractivity contribution in [1.82, 2.24) is 19.4 Å². The van der Waals surface area contributed by atoms with Gasteiger partial charge < -0.3 is 16.5 Å². The molecule has 0 radical (unpaired) electrons.